The van der Waals surface area contributed by atoms with E-state index in [0.29, 0.717) is 12.1 Å². The van der Waals surface area contributed by atoms with Crippen molar-refractivity contribution < 1.29 is 13.5 Å². The Morgan fingerprint density at radius 3 is 2.85 bits per heavy atom. The molecule has 0 radical (unpaired) electrons. The first-order chi connectivity index (χ1) is 9.70. The van der Waals surface area contributed by atoms with Crippen LogP contribution >= 0.6 is 0 Å². The number of aromatic nitrogens is 1. The highest BCUT2D eigenvalue weighted by Crippen LogP contribution is 2.24. The molecule has 2 rings (SSSR count). The standard InChI is InChI=1S/C15H16F2N2O/c1-2-7-18-10-11-6-8-19-15(14(11)17)20-13-5-3-4-12(16)9-13/h3-6,8-9,18H,2,7,10H2,1H3. The van der Waals surface area contributed by atoms with E-state index in [-0.39, 0.29) is 11.6 Å². The van der Waals surface area contributed by atoms with Gasteiger partial charge in [0.05, 0.1) is 0 Å². The normalized spacial score (nSPS) is 10.6. The van der Waals surface area contributed by atoms with Crippen LogP contribution in [0.1, 0.15) is 18.9 Å². The predicted octanol–water partition coefficient (Wildman–Crippen LogP) is 3.65. The van der Waals surface area contributed by atoms with Crippen LogP contribution in [0.25, 0.3) is 0 Å². The average molecular weight is 278 g/mol. The summed E-state index contributed by atoms with van der Waals surface area (Å²) in [6.45, 7) is 3.25. The molecule has 1 heterocycles. The van der Waals surface area contributed by atoms with Gasteiger partial charge in [0.15, 0.2) is 5.82 Å². The summed E-state index contributed by atoms with van der Waals surface area (Å²) in [5, 5.41) is 3.11. The molecule has 20 heavy (non-hydrogen) atoms. The summed E-state index contributed by atoms with van der Waals surface area (Å²) < 4.78 is 32.5. The van der Waals surface area contributed by atoms with Crippen molar-refractivity contribution in [3.05, 3.63) is 53.7 Å². The molecular weight excluding hydrogens is 262 g/mol. The van der Waals surface area contributed by atoms with Gasteiger partial charge in [0.1, 0.15) is 11.6 Å². The Bertz CT molecular complexity index is 576. The Morgan fingerprint density at radius 1 is 1.25 bits per heavy atom. The molecular formula is C15H16F2N2O. The molecule has 0 unspecified atom stereocenters. The first-order valence-corrected chi connectivity index (χ1v) is 6.48. The maximum Gasteiger partial charge on any atom is 0.256 e. The number of rotatable bonds is 6. The van der Waals surface area contributed by atoms with Crippen LogP contribution in [0.2, 0.25) is 0 Å². The Morgan fingerprint density at radius 2 is 2.10 bits per heavy atom. The minimum Gasteiger partial charge on any atom is -0.436 e. The first kappa shape index (κ1) is 14.4. The minimum atomic E-state index is -0.527. The zero-order valence-corrected chi connectivity index (χ0v) is 11.2. The van der Waals surface area contributed by atoms with Crippen LogP contribution in [0.15, 0.2) is 36.5 Å². The lowest BCUT2D eigenvalue weighted by atomic mass is 10.2. The molecule has 0 saturated heterocycles. The van der Waals surface area contributed by atoms with E-state index in [2.05, 4.69) is 10.3 Å². The second kappa shape index (κ2) is 6.96. The lowest BCUT2D eigenvalue weighted by Crippen LogP contribution is -2.15. The van der Waals surface area contributed by atoms with Crippen molar-refractivity contribution in [1.29, 1.82) is 0 Å². The van der Waals surface area contributed by atoms with Crippen LogP contribution < -0.4 is 10.1 Å². The fourth-order valence-corrected chi connectivity index (χ4v) is 1.71. The maximum absolute atomic E-state index is 14.2. The predicted molar refractivity (Wildman–Crippen MR) is 72.7 cm³/mol. The SMILES string of the molecule is CCCNCc1ccnc(Oc2cccc(F)c2)c1F. The third-order valence-corrected chi connectivity index (χ3v) is 2.69. The van der Waals surface area contributed by atoms with Crippen molar-refractivity contribution in [1.82, 2.24) is 10.3 Å². The van der Waals surface area contributed by atoms with E-state index in [1.54, 1.807) is 12.1 Å². The third kappa shape index (κ3) is 3.74. The van der Waals surface area contributed by atoms with Gasteiger partial charge in [0.25, 0.3) is 5.88 Å². The molecule has 0 aliphatic carbocycles. The zero-order valence-electron chi connectivity index (χ0n) is 11.2. The van der Waals surface area contributed by atoms with Crippen LogP contribution in [-0.2, 0) is 6.54 Å². The number of ether oxygens (including phenoxy) is 1. The molecule has 0 aliphatic rings. The van der Waals surface area contributed by atoms with E-state index < -0.39 is 11.6 Å². The van der Waals surface area contributed by atoms with Gasteiger partial charge in [-0.15, -0.1) is 0 Å². The molecule has 2 aromatic rings. The van der Waals surface area contributed by atoms with E-state index in [0.717, 1.165) is 13.0 Å². The van der Waals surface area contributed by atoms with E-state index in [9.17, 15) is 8.78 Å². The lowest BCUT2D eigenvalue weighted by Gasteiger charge is -2.09. The van der Waals surface area contributed by atoms with Crippen LogP contribution in [0.5, 0.6) is 11.6 Å². The number of nitrogens with one attached hydrogen (secondary N) is 1. The molecule has 106 valence electrons. The Kier molecular flexibility index (Phi) is 5.01. The maximum atomic E-state index is 14.2. The van der Waals surface area contributed by atoms with Crippen molar-refractivity contribution in [3.8, 4) is 11.6 Å². The smallest absolute Gasteiger partial charge is 0.256 e. The van der Waals surface area contributed by atoms with Gasteiger partial charge in [0.2, 0.25) is 0 Å². The van der Waals surface area contributed by atoms with Crippen LogP contribution in [-0.4, -0.2) is 11.5 Å². The quantitative estimate of drug-likeness (QED) is 0.819. The van der Waals surface area contributed by atoms with E-state index in [1.165, 1.54) is 24.4 Å². The van der Waals surface area contributed by atoms with Gasteiger partial charge in [-0.3, -0.25) is 0 Å². The fourth-order valence-electron chi connectivity index (χ4n) is 1.71. The molecule has 0 bridgehead atoms. The number of halogens is 2. The molecule has 1 aromatic heterocycles. The van der Waals surface area contributed by atoms with Gasteiger partial charge >= 0.3 is 0 Å². The Balaban J connectivity index is 2.14. The first-order valence-electron chi connectivity index (χ1n) is 6.48. The minimum absolute atomic E-state index is 0.147. The van der Waals surface area contributed by atoms with Crippen LogP contribution in [0.3, 0.4) is 0 Å². The van der Waals surface area contributed by atoms with Crippen molar-refractivity contribution in [2.45, 2.75) is 19.9 Å². The van der Waals surface area contributed by atoms with Gasteiger partial charge in [-0.1, -0.05) is 13.0 Å². The van der Waals surface area contributed by atoms with Gasteiger partial charge in [0, 0.05) is 24.4 Å². The van der Waals surface area contributed by atoms with E-state index in [1.807, 2.05) is 6.92 Å². The van der Waals surface area contributed by atoms with Gasteiger partial charge in [-0.05, 0) is 31.2 Å². The van der Waals surface area contributed by atoms with Crippen LogP contribution in [0, 0.1) is 11.6 Å². The molecule has 3 nitrogen and oxygen atoms in total. The van der Waals surface area contributed by atoms with E-state index >= 15 is 0 Å². The largest absolute Gasteiger partial charge is 0.436 e. The molecule has 0 amide bonds. The zero-order chi connectivity index (χ0) is 14.4. The summed E-state index contributed by atoms with van der Waals surface area (Å²) in [4.78, 5) is 3.84. The molecule has 0 atom stereocenters. The lowest BCUT2D eigenvalue weighted by molar-refractivity contribution is 0.414. The molecule has 5 heteroatoms. The van der Waals surface area contributed by atoms with Crippen molar-refractivity contribution in [2.75, 3.05) is 6.54 Å². The number of nitrogens with zero attached hydrogens (tertiary/aromatic N) is 1. The summed E-state index contributed by atoms with van der Waals surface area (Å²) in [7, 11) is 0. The number of hydrogen-bond acceptors (Lipinski definition) is 3. The summed E-state index contributed by atoms with van der Waals surface area (Å²) in [5.74, 6) is -0.898. The van der Waals surface area contributed by atoms with Gasteiger partial charge in [-0.2, -0.15) is 0 Å². The summed E-state index contributed by atoms with van der Waals surface area (Å²) in [6, 6.07) is 7.11. The summed E-state index contributed by atoms with van der Waals surface area (Å²) in [6.07, 6.45) is 2.44. The van der Waals surface area contributed by atoms with Crippen molar-refractivity contribution in [3.63, 3.8) is 0 Å². The number of hydrogen-bond donors (Lipinski definition) is 1. The average Bonchev–Trinajstić information content (AvgIpc) is 2.43. The molecule has 0 fully saturated rings. The van der Waals surface area contributed by atoms with Crippen molar-refractivity contribution in [2.24, 2.45) is 0 Å². The van der Waals surface area contributed by atoms with Gasteiger partial charge < -0.3 is 10.1 Å². The second-order valence-corrected chi connectivity index (χ2v) is 4.33. The second-order valence-electron chi connectivity index (χ2n) is 4.33. The van der Waals surface area contributed by atoms with Crippen LogP contribution in [0.4, 0.5) is 8.78 Å². The molecule has 0 spiro atoms. The molecule has 1 N–H and O–H groups in total. The summed E-state index contributed by atoms with van der Waals surface area (Å²) in [5.41, 5.74) is 0.472. The Hall–Kier alpha value is -2.01. The number of pyridine rings is 1. The fraction of sp³-hybridized carbons (Fsp3) is 0.267. The molecule has 0 saturated carbocycles. The highest BCUT2D eigenvalue weighted by Gasteiger charge is 2.11. The monoisotopic (exact) mass is 278 g/mol. The highest BCUT2D eigenvalue weighted by atomic mass is 19.1. The number of benzene rings is 1. The Labute approximate surface area is 116 Å². The van der Waals surface area contributed by atoms with Crippen molar-refractivity contribution >= 4 is 0 Å². The topological polar surface area (TPSA) is 34.2 Å². The summed E-state index contributed by atoms with van der Waals surface area (Å²) >= 11 is 0. The highest BCUT2D eigenvalue weighted by molar-refractivity contribution is 5.30. The third-order valence-electron chi connectivity index (χ3n) is 2.69. The van der Waals surface area contributed by atoms with E-state index in [4.69, 9.17) is 4.74 Å². The molecule has 0 aliphatic heterocycles. The van der Waals surface area contributed by atoms with Gasteiger partial charge in [-0.25, -0.2) is 13.8 Å². The molecule has 1 aromatic carbocycles.